The molecule has 2 nitrogen and oxygen atoms in total. The molecule has 0 saturated carbocycles. The monoisotopic (exact) mass is 328 g/mol. The van der Waals surface area contributed by atoms with Crippen molar-refractivity contribution >= 4 is 38.6 Å². The lowest BCUT2D eigenvalue weighted by molar-refractivity contribution is 0.465. The first-order valence-electron chi connectivity index (χ1n) is 5.72. The average molecular weight is 329 g/mol. The van der Waals surface area contributed by atoms with Crippen molar-refractivity contribution in [1.29, 1.82) is 0 Å². The Morgan fingerprint density at radius 2 is 2.47 bits per heavy atom. The van der Waals surface area contributed by atoms with Crippen molar-refractivity contribution in [2.75, 3.05) is 0 Å². The van der Waals surface area contributed by atoms with Gasteiger partial charge in [-0.05, 0) is 46.8 Å². The lowest BCUT2D eigenvalue weighted by Crippen LogP contribution is -2.23. The van der Waals surface area contributed by atoms with Crippen molar-refractivity contribution in [1.82, 2.24) is 10.3 Å². The van der Waals surface area contributed by atoms with Crippen molar-refractivity contribution < 1.29 is 0 Å². The highest BCUT2D eigenvalue weighted by Gasteiger charge is 2.22. The van der Waals surface area contributed by atoms with E-state index in [2.05, 4.69) is 32.3 Å². The second kappa shape index (κ2) is 5.18. The molecule has 0 aromatic carbocycles. The van der Waals surface area contributed by atoms with Crippen LogP contribution in [0.5, 0.6) is 0 Å². The fourth-order valence-electron chi connectivity index (χ4n) is 2.29. The highest BCUT2D eigenvalue weighted by Crippen LogP contribution is 2.38. The van der Waals surface area contributed by atoms with Gasteiger partial charge in [-0.15, -0.1) is 22.7 Å². The van der Waals surface area contributed by atoms with Crippen molar-refractivity contribution in [2.45, 2.75) is 31.8 Å². The van der Waals surface area contributed by atoms with Gasteiger partial charge in [0.05, 0.1) is 9.30 Å². The quantitative estimate of drug-likeness (QED) is 0.916. The highest BCUT2D eigenvalue weighted by molar-refractivity contribution is 9.11. The van der Waals surface area contributed by atoms with E-state index in [9.17, 15) is 0 Å². The molecule has 2 heterocycles. The minimum Gasteiger partial charge on any atom is -0.305 e. The molecule has 2 aromatic heterocycles. The van der Waals surface area contributed by atoms with Gasteiger partial charge in [-0.1, -0.05) is 0 Å². The van der Waals surface area contributed by atoms with Crippen LogP contribution in [0.1, 0.15) is 34.2 Å². The Hall–Kier alpha value is -0.230. The van der Waals surface area contributed by atoms with Gasteiger partial charge in [0.2, 0.25) is 0 Å². The number of nitrogens with zero attached hydrogens (tertiary/aromatic N) is 1. The van der Waals surface area contributed by atoms with Crippen LogP contribution in [0, 0.1) is 0 Å². The summed E-state index contributed by atoms with van der Waals surface area (Å²) in [5.41, 5.74) is 3.39. The van der Waals surface area contributed by atoms with Crippen molar-refractivity contribution in [3.05, 3.63) is 36.9 Å². The summed E-state index contributed by atoms with van der Waals surface area (Å²) < 4.78 is 1.26. The van der Waals surface area contributed by atoms with Crippen molar-refractivity contribution in [3.8, 4) is 0 Å². The maximum Gasteiger partial charge on any atom is 0.0794 e. The van der Waals surface area contributed by atoms with Gasteiger partial charge in [-0.3, -0.25) is 4.98 Å². The zero-order valence-electron chi connectivity index (χ0n) is 9.28. The lowest BCUT2D eigenvalue weighted by atomic mass is 9.94. The molecule has 1 atom stereocenters. The summed E-state index contributed by atoms with van der Waals surface area (Å²) in [5, 5.41) is 3.65. The first kappa shape index (κ1) is 11.8. The van der Waals surface area contributed by atoms with Crippen LogP contribution in [0.15, 0.2) is 21.6 Å². The summed E-state index contributed by atoms with van der Waals surface area (Å²) in [6.45, 7) is 0.933. The van der Waals surface area contributed by atoms with E-state index < -0.39 is 0 Å². The Labute approximate surface area is 117 Å². The molecule has 0 saturated heterocycles. The van der Waals surface area contributed by atoms with Crippen LogP contribution >= 0.6 is 38.6 Å². The van der Waals surface area contributed by atoms with Crippen LogP contribution in [0.2, 0.25) is 0 Å². The summed E-state index contributed by atoms with van der Waals surface area (Å²) in [6, 6.07) is 2.80. The number of hydrogen-bond donors (Lipinski definition) is 1. The number of thiophene rings is 1. The molecule has 0 radical (unpaired) electrons. The van der Waals surface area contributed by atoms with Gasteiger partial charge >= 0.3 is 0 Å². The third-order valence-corrected chi connectivity index (χ3v) is 5.58. The summed E-state index contributed by atoms with van der Waals surface area (Å²) >= 11 is 7.19. The van der Waals surface area contributed by atoms with Gasteiger partial charge in [-0.25, -0.2) is 0 Å². The predicted molar refractivity (Wildman–Crippen MR) is 76.7 cm³/mol. The molecule has 0 aliphatic heterocycles. The number of fused-ring (bicyclic) bond motifs is 1. The average Bonchev–Trinajstić information content (AvgIpc) is 2.93. The number of hydrogen-bond acceptors (Lipinski definition) is 4. The van der Waals surface area contributed by atoms with Gasteiger partial charge in [-0.2, -0.15) is 0 Å². The molecular formula is C12H13BrN2S2. The molecule has 1 unspecified atom stereocenters. The molecule has 5 heteroatoms. The first-order valence-corrected chi connectivity index (χ1v) is 8.20. The van der Waals surface area contributed by atoms with Crippen molar-refractivity contribution in [3.63, 3.8) is 0 Å². The third-order valence-electron chi connectivity index (χ3n) is 3.09. The van der Waals surface area contributed by atoms with Crippen LogP contribution in [-0.4, -0.2) is 4.98 Å². The van der Waals surface area contributed by atoms with E-state index in [0.29, 0.717) is 6.04 Å². The van der Waals surface area contributed by atoms with E-state index in [-0.39, 0.29) is 0 Å². The van der Waals surface area contributed by atoms with E-state index in [0.717, 1.165) is 6.54 Å². The van der Waals surface area contributed by atoms with Crippen LogP contribution in [0.25, 0.3) is 0 Å². The summed E-state index contributed by atoms with van der Waals surface area (Å²) in [6.07, 6.45) is 5.73. The molecule has 90 valence electrons. The smallest absolute Gasteiger partial charge is 0.0794 e. The van der Waals surface area contributed by atoms with Gasteiger partial charge in [0.25, 0.3) is 0 Å². The molecule has 2 aromatic rings. The predicted octanol–water partition coefficient (Wildman–Crippen LogP) is 4.13. The molecule has 0 amide bonds. The van der Waals surface area contributed by atoms with E-state index in [4.69, 9.17) is 0 Å². The molecule has 0 fully saturated rings. The zero-order valence-corrected chi connectivity index (χ0v) is 12.5. The van der Waals surface area contributed by atoms with Gasteiger partial charge in [0.1, 0.15) is 0 Å². The molecule has 17 heavy (non-hydrogen) atoms. The second-order valence-electron chi connectivity index (χ2n) is 4.22. The normalized spacial score (nSPS) is 19.2. The Morgan fingerprint density at radius 1 is 1.53 bits per heavy atom. The molecular weight excluding hydrogens is 316 g/mol. The van der Waals surface area contributed by atoms with Gasteiger partial charge in [0.15, 0.2) is 0 Å². The maximum atomic E-state index is 4.11. The van der Waals surface area contributed by atoms with Crippen LogP contribution < -0.4 is 5.32 Å². The van der Waals surface area contributed by atoms with E-state index in [1.807, 2.05) is 23.0 Å². The first-order chi connectivity index (χ1) is 8.33. The Bertz CT molecular complexity index is 493. The molecule has 3 rings (SSSR count). The minimum atomic E-state index is 0.517. The standard InChI is InChI=1S/C12H13BrN2S2/c13-12-4-9-10(2-1-3-11(9)17-12)15-6-8-5-14-7-16-8/h4-5,7,10,15H,1-3,6H2. The molecule has 0 bridgehead atoms. The lowest BCUT2D eigenvalue weighted by Gasteiger charge is -2.23. The molecule has 1 N–H and O–H groups in total. The van der Waals surface area contributed by atoms with E-state index in [1.165, 1.54) is 33.5 Å². The SMILES string of the molecule is Brc1cc2c(s1)CCCC2NCc1cncs1. The van der Waals surface area contributed by atoms with Crippen LogP contribution in [-0.2, 0) is 13.0 Å². The van der Waals surface area contributed by atoms with Crippen LogP contribution in [0.3, 0.4) is 0 Å². The molecule has 0 spiro atoms. The van der Waals surface area contributed by atoms with Gasteiger partial charge < -0.3 is 5.32 Å². The zero-order chi connectivity index (χ0) is 11.7. The number of aromatic nitrogens is 1. The minimum absolute atomic E-state index is 0.517. The van der Waals surface area contributed by atoms with E-state index in [1.54, 1.807) is 16.2 Å². The number of aryl methyl sites for hydroxylation is 1. The second-order valence-corrected chi connectivity index (χ2v) is 7.71. The van der Waals surface area contributed by atoms with Gasteiger partial charge in [0, 0.05) is 28.5 Å². The number of rotatable bonds is 3. The fourth-order valence-corrected chi connectivity index (χ4v) is 4.65. The van der Waals surface area contributed by atoms with Crippen molar-refractivity contribution in [2.24, 2.45) is 0 Å². The molecule has 1 aliphatic rings. The largest absolute Gasteiger partial charge is 0.305 e. The maximum absolute atomic E-state index is 4.11. The Morgan fingerprint density at radius 3 is 3.29 bits per heavy atom. The Kier molecular flexibility index (Phi) is 3.61. The summed E-state index contributed by atoms with van der Waals surface area (Å²) in [7, 11) is 0. The highest BCUT2D eigenvalue weighted by atomic mass is 79.9. The van der Waals surface area contributed by atoms with Crippen LogP contribution in [0.4, 0.5) is 0 Å². The number of thiazole rings is 1. The topological polar surface area (TPSA) is 24.9 Å². The Balaban J connectivity index is 1.72. The molecule has 1 aliphatic carbocycles. The number of nitrogens with one attached hydrogen (secondary N) is 1. The third kappa shape index (κ3) is 2.62. The van der Waals surface area contributed by atoms with E-state index >= 15 is 0 Å². The number of halogens is 1. The fraction of sp³-hybridized carbons (Fsp3) is 0.417. The summed E-state index contributed by atoms with van der Waals surface area (Å²) in [5.74, 6) is 0. The summed E-state index contributed by atoms with van der Waals surface area (Å²) in [4.78, 5) is 6.97.